The quantitative estimate of drug-likeness (QED) is 0.735. The number of likely N-dealkylation sites (N-methyl/N-ethyl adjacent to an activating group) is 1. The van der Waals surface area contributed by atoms with E-state index in [-0.39, 0.29) is 11.5 Å². The third-order valence-corrected chi connectivity index (χ3v) is 4.27. The van der Waals surface area contributed by atoms with Crippen LogP contribution in [-0.2, 0) is 7.05 Å². The molecule has 0 radical (unpaired) electrons. The zero-order chi connectivity index (χ0) is 18.1. The van der Waals surface area contributed by atoms with Gasteiger partial charge in [-0.05, 0) is 32.6 Å². The van der Waals surface area contributed by atoms with Gasteiger partial charge in [0.15, 0.2) is 0 Å². The predicted molar refractivity (Wildman–Crippen MR) is 100 cm³/mol. The molecule has 0 fully saturated rings. The molecule has 0 unspecified atom stereocenters. The van der Waals surface area contributed by atoms with Gasteiger partial charge in [-0.3, -0.25) is 9.59 Å². The molecule has 130 valence electrons. The summed E-state index contributed by atoms with van der Waals surface area (Å²) in [5.74, 6) is -0.220. The van der Waals surface area contributed by atoms with E-state index in [4.69, 9.17) is 0 Å². The van der Waals surface area contributed by atoms with Gasteiger partial charge in [-0.2, -0.15) is 0 Å². The first kappa shape index (κ1) is 17.1. The van der Waals surface area contributed by atoms with Crippen LogP contribution in [0.2, 0.25) is 0 Å². The molecule has 2 aromatic heterocycles. The SMILES string of the molecule is Cc1cccc2cc3c(=O)n(C)cc(C(=O)NCCN(C)C)c3nc12. The topological polar surface area (TPSA) is 67.2 Å². The number of hydrogen-bond donors (Lipinski definition) is 1. The van der Waals surface area contributed by atoms with Crippen LogP contribution in [0.4, 0.5) is 0 Å². The molecular formula is C19H22N4O2. The van der Waals surface area contributed by atoms with Crippen molar-refractivity contribution in [2.75, 3.05) is 27.2 Å². The number of hydrogen-bond acceptors (Lipinski definition) is 4. The number of rotatable bonds is 4. The normalized spacial score (nSPS) is 11.4. The zero-order valence-electron chi connectivity index (χ0n) is 15.0. The van der Waals surface area contributed by atoms with Gasteiger partial charge in [-0.15, -0.1) is 0 Å². The Hall–Kier alpha value is -2.73. The van der Waals surface area contributed by atoms with Crippen LogP contribution < -0.4 is 10.9 Å². The van der Waals surface area contributed by atoms with Crippen molar-refractivity contribution in [3.63, 3.8) is 0 Å². The maximum atomic E-state index is 12.6. The van der Waals surface area contributed by atoms with Crippen molar-refractivity contribution >= 4 is 27.7 Å². The molecule has 0 aliphatic carbocycles. The smallest absolute Gasteiger partial charge is 0.259 e. The third-order valence-electron chi connectivity index (χ3n) is 4.27. The van der Waals surface area contributed by atoms with Crippen molar-refractivity contribution in [2.45, 2.75) is 6.92 Å². The highest BCUT2D eigenvalue weighted by Gasteiger charge is 2.16. The highest BCUT2D eigenvalue weighted by molar-refractivity contribution is 6.07. The van der Waals surface area contributed by atoms with E-state index in [0.717, 1.165) is 23.0 Å². The van der Waals surface area contributed by atoms with E-state index in [1.807, 2.05) is 50.2 Å². The van der Waals surface area contributed by atoms with Gasteiger partial charge in [0.05, 0.1) is 22.0 Å². The van der Waals surface area contributed by atoms with Gasteiger partial charge < -0.3 is 14.8 Å². The summed E-state index contributed by atoms with van der Waals surface area (Å²) in [7, 11) is 5.55. The van der Waals surface area contributed by atoms with E-state index < -0.39 is 0 Å². The van der Waals surface area contributed by atoms with E-state index in [0.29, 0.717) is 23.0 Å². The minimum atomic E-state index is -0.220. The monoisotopic (exact) mass is 338 g/mol. The Kier molecular flexibility index (Phi) is 4.55. The number of pyridine rings is 2. The summed E-state index contributed by atoms with van der Waals surface area (Å²) in [6.45, 7) is 3.24. The largest absolute Gasteiger partial charge is 0.351 e. The Morgan fingerprint density at radius 3 is 2.76 bits per heavy atom. The van der Waals surface area contributed by atoms with Crippen LogP contribution in [0.15, 0.2) is 35.3 Å². The van der Waals surface area contributed by atoms with Crippen molar-refractivity contribution in [1.82, 2.24) is 19.8 Å². The number of benzene rings is 1. The van der Waals surface area contributed by atoms with Crippen molar-refractivity contribution < 1.29 is 4.79 Å². The maximum Gasteiger partial charge on any atom is 0.259 e. The molecule has 6 heteroatoms. The lowest BCUT2D eigenvalue weighted by Gasteiger charge is -2.13. The maximum absolute atomic E-state index is 12.6. The van der Waals surface area contributed by atoms with Gasteiger partial charge >= 0.3 is 0 Å². The van der Waals surface area contributed by atoms with Crippen molar-refractivity contribution in [1.29, 1.82) is 0 Å². The Balaban J connectivity index is 2.17. The van der Waals surface area contributed by atoms with E-state index in [1.165, 1.54) is 4.57 Å². The second kappa shape index (κ2) is 6.64. The Bertz CT molecular complexity index is 1020. The highest BCUT2D eigenvalue weighted by Crippen LogP contribution is 2.22. The van der Waals surface area contributed by atoms with Gasteiger partial charge in [0.25, 0.3) is 11.5 Å². The van der Waals surface area contributed by atoms with Crippen LogP contribution >= 0.6 is 0 Å². The molecule has 0 saturated heterocycles. The average Bonchev–Trinajstić information content (AvgIpc) is 2.57. The molecule has 0 saturated carbocycles. The molecule has 1 N–H and O–H groups in total. The van der Waals surface area contributed by atoms with E-state index >= 15 is 0 Å². The van der Waals surface area contributed by atoms with Gasteiger partial charge in [0.1, 0.15) is 0 Å². The molecule has 0 atom stereocenters. The summed E-state index contributed by atoms with van der Waals surface area (Å²) < 4.78 is 1.44. The standard InChI is InChI=1S/C19H22N4O2/c1-12-6-5-7-13-10-14-17(21-16(12)13)15(11-23(4)19(14)25)18(24)20-8-9-22(2)3/h5-7,10-11H,8-9H2,1-4H3,(H,20,24). The fourth-order valence-corrected chi connectivity index (χ4v) is 2.87. The van der Waals surface area contributed by atoms with Gasteiger partial charge in [-0.25, -0.2) is 4.98 Å². The molecule has 3 rings (SSSR count). The van der Waals surface area contributed by atoms with Crippen molar-refractivity contribution in [3.05, 3.63) is 51.9 Å². The van der Waals surface area contributed by atoms with Gasteiger partial charge in [-0.1, -0.05) is 18.2 Å². The highest BCUT2D eigenvalue weighted by atomic mass is 16.2. The zero-order valence-corrected chi connectivity index (χ0v) is 15.0. The van der Waals surface area contributed by atoms with Crippen LogP contribution in [0.1, 0.15) is 15.9 Å². The minimum Gasteiger partial charge on any atom is -0.351 e. The van der Waals surface area contributed by atoms with Gasteiger partial charge in [0.2, 0.25) is 0 Å². The van der Waals surface area contributed by atoms with Crippen molar-refractivity contribution in [2.24, 2.45) is 7.05 Å². The summed E-state index contributed by atoms with van der Waals surface area (Å²) in [6.07, 6.45) is 1.56. The fraction of sp³-hybridized carbons (Fsp3) is 0.316. The molecule has 1 aromatic carbocycles. The van der Waals surface area contributed by atoms with E-state index in [2.05, 4.69) is 10.3 Å². The summed E-state index contributed by atoms with van der Waals surface area (Å²) in [6, 6.07) is 7.66. The third kappa shape index (κ3) is 3.25. The molecule has 2 heterocycles. The van der Waals surface area contributed by atoms with Gasteiger partial charge in [0, 0.05) is 31.7 Å². The summed E-state index contributed by atoms with van der Waals surface area (Å²) in [4.78, 5) is 31.8. The summed E-state index contributed by atoms with van der Waals surface area (Å²) in [5, 5.41) is 4.25. The molecule has 0 bridgehead atoms. The molecular weight excluding hydrogens is 316 g/mol. The second-order valence-electron chi connectivity index (χ2n) is 6.55. The van der Waals surface area contributed by atoms with E-state index in [9.17, 15) is 9.59 Å². The Morgan fingerprint density at radius 1 is 1.28 bits per heavy atom. The van der Waals surface area contributed by atoms with Crippen molar-refractivity contribution in [3.8, 4) is 0 Å². The van der Waals surface area contributed by atoms with Crippen LogP contribution in [0.25, 0.3) is 21.8 Å². The first-order valence-corrected chi connectivity index (χ1v) is 8.21. The second-order valence-corrected chi connectivity index (χ2v) is 6.55. The lowest BCUT2D eigenvalue weighted by atomic mass is 10.1. The molecule has 0 spiro atoms. The first-order chi connectivity index (χ1) is 11.9. The minimum absolute atomic E-state index is 0.157. The molecule has 6 nitrogen and oxygen atoms in total. The first-order valence-electron chi connectivity index (χ1n) is 8.21. The number of aryl methyl sites for hydroxylation is 2. The average molecular weight is 338 g/mol. The number of para-hydroxylation sites is 1. The molecule has 0 aliphatic heterocycles. The summed E-state index contributed by atoms with van der Waals surface area (Å²) in [5.41, 5.74) is 2.54. The number of carbonyl (C=O) groups is 1. The number of aromatic nitrogens is 2. The fourth-order valence-electron chi connectivity index (χ4n) is 2.87. The van der Waals surface area contributed by atoms with Crippen LogP contribution in [0.5, 0.6) is 0 Å². The van der Waals surface area contributed by atoms with Crippen LogP contribution in [-0.4, -0.2) is 47.5 Å². The number of nitrogens with zero attached hydrogens (tertiary/aromatic N) is 3. The molecule has 1 amide bonds. The van der Waals surface area contributed by atoms with E-state index in [1.54, 1.807) is 13.2 Å². The Labute approximate surface area is 146 Å². The molecule has 0 aliphatic rings. The number of amides is 1. The lowest BCUT2D eigenvalue weighted by Crippen LogP contribution is -2.32. The van der Waals surface area contributed by atoms with Crippen LogP contribution in [0, 0.1) is 6.92 Å². The number of fused-ring (bicyclic) bond motifs is 2. The Morgan fingerprint density at radius 2 is 2.04 bits per heavy atom. The van der Waals surface area contributed by atoms with Crippen LogP contribution in [0.3, 0.4) is 0 Å². The molecule has 3 aromatic rings. The lowest BCUT2D eigenvalue weighted by molar-refractivity contribution is 0.0952. The number of carbonyl (C=O) groups excluding carboxylic acids is 1. The number of nitrogens with one attached hydrogen (secondary N) is 1. The summed E-state index contributed by atoms with van der Waals surface area (Å²) >= 11 is 0. The molecule has 25 heavy (non-hydrogen) atoms. The predicted octanol–water partition coefficient (Wildman–Crippen LogP) is 1.69.